The van der Waals surface area contributed by atoms with Crippen LogP contribution in [0.4, 0.5) is 0 Å². The van der Waals surface area contributed by atoms with Crippen LogP contribution in [0.2, 0.25) is 0 Å². The number of amides is 1. The summed E-state index contributed by atoms with van der Waals surface area (Å²) >= 11 is 0. The van der Waals surface area contributed by atoms with Crippen LogP contribution in [-0.4, -0.2) is 140 Å². The van der Waals surface area contributed by atoms with Crippen molar-refractivity contribution in [2.45, 2.75) is 200 Å². The normalized spacial score (nSPS) is 37.0. The zero-order valence-electron chi connectivity index (χ0n) is 45.4. The molecule has 2 saturated heterocycles. The molecule has 0 aromatic rings. The highest BCUT2D eigenvalue weighted by Crippen LogP contribution is 2.49. The van der Waals surface area contributed by atoms with Crippen molar-refractivity contribution in [3.63, 3.8) is 0 Å². The van der Waals surface area contributed by atoms with Crippen molar-refractivity contribution in [2.24, 2.45) is 35.5 Å². The number of carbonyl (C=O) groups excluding carboxylic acids is 5. The van der Waals surface area contributed by atoms with Crippen molar-refractivity contribution in [1.82, 2.24) is 4.90 Å². The van der Waals surface area contributed by atoms with Crippen molar-refractivity contribution >= 4 is 36.8 Å². The molecule has 16 atom stereocenters. The van der Waals surface area contributed by atoms with E-state index in [4.69, 9.17) is 32.7 Å². The number of hydrogen-bond donors (Lipinski definition) is 2. The summed E-state index contributed by atoms with van der Waals surface area (Å²) in [7, 11) is 1.16. The lowest BCUT2D eigenvalue weighted by atomic mass is 9.78. The highest BCUT2D eigenvalue weighted by molar-refractivity contribution is 7.53. The fourth-order valence-electron chi connectivity index (χ4n) is 10.9. The Morgan fingerprint density at radius 3 is 2.22 bits per heavy atom. The highest BCUT2D eigenvalue weighted by Gasteiger charge is 2.53. The zero-order valence-corrected chi connectivity index (χ0v) is 46.3. The average Bonchev–Trinajstić information content (AvgIpc) is 3.32. The van der Waals surface area contributed by atoms with Gasteiger partial charge >= 0.3 is 13.6 Å². The number of fused-ring (bicyclic) bond motifs is 3. The molecule has 16 nitrogen and oxygen atoms in total. The summed E-state index contributed by atoms with van der Waals surface area (Å²) in [5.74, 6) is -8.24. The van der Waals surface area contributed by atoms with E-state index in [1.54, 1.807) is 54.9 Å². The Morgan fingerprint density at radius 2 is 1.57 bits per heavy atom. The van der Waals surface area contributed by atoms with E-state index in [0.717, 1.165) is 5.57 Å². The number of aliphatic hydroxyl groups is 2. The van der Waals surface area contributed by atoms with Gasteiger partial charge in [-0.05, 0) is 121 Å². The molecule has 1 aliphatic carbocycles. The van der Waals surface area contributed by atoms with Gasteiger partial charge in [-0.15, -0.1) is 0 Å². The summed E-state index contributed by atoms with van der Waals surface area (Å²) in [6.07, 6.45) is 10.5. The van der Waals surface area contributed by atoms with Gasteiger partial charge in [0.25, 0.3) is 11.7 Å². The molecule has 3 heterocycles. The minimum Gasteiger partial charge on any atom is -0.460 e. The number of ketones is 3. The lowest BCUT2D eigenvalue weighted by Crippen LogP contribution is -2.61. The lowest BCUT2D eigenvalue weighted by Gasteiger charge is -2.42. The summed E-state index contributed by atoms with van der Waals surface area (Å²) in [4.78, 5) is 72.4. The molecule has 0 radical (unpaired) electrons. The number of cyclic esters (lactones) is 1. The van der Waals surface area contributed by atoms with E-state index in [1.807, 2.05) is 58.1 Å². The Morgan fingerprint density at radius 1 is 0.861 bits per heavy atom. The molecule has 3 fully saturated rings. The minimum absolute atomic E-state index is 0.00845. The molecule has 17 heteroatoms. The maximum absolute atomic E-state index is 14.5. The van der Waals surface area contributed by atoms with Gasteiger partial charge in [0, 0.05) is 65.1 Å². The summed E-state index contributed by atoms with van der Waals surface area (Å²) in [6, 6.07) is -1.17. The number of nitrogens with zero attached hydrogens (tertiary/aromatic N) is 1. The first kappa shape index (κ1) is 61.4. The maximum Gasteiger partial charge on any atom is 0.329 e. The Labute approximate surface area is 429 Å². The third-order valence-electron chi connectivity index (χ3n) is 15.2. The van der Waals surface area contributed by atoms with Crippen LogP contribution in [0, 0.1) is 35.5 Å². The van der Waals surface area contributed by atoms with E-state index in [-0.39, 0.29) is 48.9 Å². The highest BCUT2D eigenvalue weighted by atomic mass is 31.2. The van der Waals surface area contributed by atoms with Crippen molar-refractivity contribution in [1.29, 1.82) is 0 Å². The molecule has 4 rings (SSSR count). The van der Waals surface area contributed by atoms with Crippen molar-refractivity contribution in [3.8, 4) is 0 Å². The Hall–Kier alpha value is -3.18. The van der Waals surface area contributed by atoms with Crippen LogP contribution in [0.1, 0.15) is 139 Å². The van der Waals surface area contributed by atoms with Gasteiger partial charge in [-0.25, -0.2) is 4.79 Å². The molecular formula is C55H88NO15P. The first-order chi connectivity index (χ1) is 33.9. The fourth-order valence-corrected chi connectivity index (χ4v) is 12.4. The van der Waals surface area contributed by atoms with E-state index in [1.165, 1.54) is 18.7 Å². The van der Waals surface area contributed by atoms with Crippen LogP contribution in [0.25, 0.3) is 0 Å². The smallest absolute Gasteiger partial charge is 0.329 e. The number of Topliss-reactive ketones (excluding diaryl/α,β-unsaturated/α-hetero) is 3. The Bertz CT molecular complexity index is 2020. The number of hydrogen-bond acceptors (Lipinski definition) is 15. The first-order valence-corrected chi connectivity index (χ1v) is 28.3. The largest absolute Gasteiger partial charge is 0.460 e. The predicted molar refractivity (Wildman–Crippen MR) is 274 cm³/mol. The molecular weight excluding hydrogens is 946 g/mol. The van der Waals surface area contributed by atoms with Gasteiger partial charge in [0.2, 0.25) is 5.79 Å². The molecule has 408 valence electrons. The fraction of sp³-hybridized carbons (Fsp3) is 0.764. The molecule has 4 unspecified atom stereocenters. The van der Waals surface area contributed by atoms with Gasteiger partial charge in [-0.1, -0.05) is 71.1 Å². The molecule has 72 heavy (non-hydrogen) atoms. The van der Waals surface area contributed by atoms with Crippen LogP contribution in [0.5, 0.6) is 0 Å². The van der Waals surface area contributed by atoms with Gasteiger partial charge in [-0.3, -0.25) is 23.7 Å². The second-order valence-electron chi connectivity index (χ2n) is 21.6. The number of esters is 1. The number of rotatable bonds is 10. The summed E-state index contributed by atoms with van der Waals surface area (Å²) in [5, 5.41) is 23.5. The zero-order chi connectivity index (χ0) is 53.7. The number of methoxy groups -OCH3 is 3. The van der Waals surface area contributed by atoms with Crippen molar-refractivity contribution in [2.75, 3.05) is 34.5 Å². The Kier molecular flexibility index (Phi) is 23.9. The predicted octanol–water partition coefficient (Wildman–Crippen LogP) is 8.45. The molecule has 2 N–H and O–H groups in total. The number of aliphatic hydroxyl groups excluding tert-OH is 1. The number of piperidine rings is 1. The van der Waals surface area contributed by atoms with Crippen LogP contribution in [0.3, 0.4) is 0 Å². The SMILES string of the molecule is CO[C@H]1C[C@@H]2CC[C@@H](C)C(O)(O2)C(=O)C(=O)N2CCCCC2C(=O)O[C@H]([C@H](C)C[C@@H]2CC[C@@H](OP(C)(=O)OC(C)C)[C@H](OC)C2)CC(=O)/C(C)=C/C(C)[C@@H](O)[C@@H](OC)C(=O)[C@H](C)C[C@H](C)C=CC=CC=C1C. The lowest BCUT2D eigenvalue weighted by molar-refractivity contribution is -0.265. The van der Waals surface area contributed by atoms with Gasteiger partial charge < -0.3 is 47.8 Å². The third-order valence-corrected chi connectivity index (χ3v) is 16.7. The molecule has 1 amide bonds. The average molecular weight is 1030 g/mol. The van der Waals surface area contributed by atoms with Crippen LogP contribution < -0.4 is 0 Å². The summed E-state index contributed by atoms with van der Waals surface area (Å²) in [6.45, 7) is 17.7. The minimum atomic E-state index is -3.37. The molecule has 4 aliphatic rings. The topological polar surface area (TPSA) is 211 Å². The van der Waals surface area contributed by atoms with E-state index in [0.29, 0.717) is 69.8 Å². The number of ether oxygens (including phenoxy) is 5. The van der Waals surface area contributed by atoms with E-state index in [9.17, 15) is 38.8 Å². The monoisotopic (exact) mass is 1030 g/mol. The summed E-state index contributed by atoms with van der Waals surface area (Å²) in [5.41, 5.74) is 1.16. The quantitative estimate of drug-likeness (QED) is 0.119. The summed E-state index contributed by atoms with van der Waals surface area (Å²) < 4.78 is 54.6. The Balaban J connectivity index is 1.70. The van der Waals surface area contributed by atoms with Crippen molar-refractivity contribution < 1.29 is 71.5 Å². The second kappa shape index (κ2) is 28.1. The van der Waals surface area contributed by atoms with Crippen LogP contribution in [0.15, 0.2) is 47.6 Å². The van der Waals surface area contributed by atoms with Gasteiger partial charge in [0.1, 0.15) is 18.2 Å². The molecule has 0 aromatic heterocycles. The van der Waals surface area contributed by atoms with Gasteiger partial charge in [0.05, 0.1) is 36.6 Å². The first-order valence-electron chi connectivity index (χ1n) is 26.3. The number of allylic oxidation sites excluding steroid dienone is 6. The second-order valence-corrected chi connectivity index (χ2v) is 23.6. The van der Waals surface area contributed by atoms with E-state index >= 15 is 0 Å². The standard InChI is InChI=1S/C55H88NO15P/c1-33(2)70-72(13,64)71-45-25-23-41(30-48(45)66-11)29-37(6)47-32-44(57)36(5)28-39(8)50(59)51(67-12)49(58)38(7)27-34(3)19-15-14-16-20-35(4)46(65-10)31-42-24-22-40(9)55(63,69-42)52(60)53(61)56-26-18-17-21-43(56)54(62)68-47/h14-16,19-20,28,33-34,37-43,45-48,50-51,59,63H,17-18,21-27,29-32H2,1-13H3/b16-14?,19-15?,35-20?,36-28+/t34-,37-,38-,39?,40-,41+,42+,43?,45-,46+,47+,48-,50-,51+,55?,72?/m1/s1. The van der Waals surface area contributed by atoms with Crippen molar-refractivity contribution in [3.05, 3.63) is 47.6 Å². The molecule has 1 saturated carbocycles. The number of carbonyl (C=O) groups is 5. The molecule has 0 spiro atoms. The van der Waals surface area contributed by atoms with E-state index in [2.05, 4.69) is 0 Å². The third kappa shape index (κ3) is 16.9. The van der Waals surface area contributed by atoms with Crippen LogP contribution >= 0.6 is 7.60 Å². The van der Waals surface area contributed by atoms with Gasteiger partial charge in [0.15, 0.2) is 11.6 Å². The molecule has 2 bridgehead atoms. The van der Waals surface area contributed by atoms with Crippen LogP contribution in [-0.2, 0) is 61.3 Å². The molecule has 0 aromatic carbocycles. The van der Waals surface area contributed by atoms with Gasteiger partial charge in [-0.2, -0.15) is 0 Å². The maximum atomic E-state index is 14.5. The molecule has 3 aliphatic heterocycles. The van der Waals surface area contributed by atoms with E-state index < -0.39 is 103 Å².